The Morgan fingerprint density at radius 2 is 2.00 bits per heavy atom. The molecular weight excluding hydrogens is 190 g/mol. The topological polar surface area (TPSA) is 12.0 Å². The van der Waals surface area contributed by atoms with Gasteiger partial charge in [-0.1, -0.05) is 20.3 Å². The monoisotopic (exact) mass is 211 g/mol. The molecule has 1 nitrogen and oxygen atoms in total. The molecule has 1 atom stereocenters. The summed E-state index contributed by atoms with van der Waals surface area (Å²) in [5.41, 5.74) is 0. The Bertz CT molecular complexity index is 255. The molecule has 1 aromatic heterocycles. The third-order valence-corrected chi connectivity index (χ3v) is 3.81. The van der Waals surface area contributed by atoms with Crippen molar-refractivity contribution in [2.75, 3.05) is 7.05 Å². The smallest absolute Gasteiger partial charge is 0.0112 e. The molecule has 14 heavy (non-hydrogen) atoms. The molecule has 0 bridgehead atoms. The lowest BCUT2D eigenvalue weighted by Crippen LogP contribution is -2.26. The summed E-state index contributed by atoms with van der Waals surface area (Å²) >= 11 is 1.96. The van der Waals surface area contributed by atoms with Gasteiger partial charge in [-0.05, 0) is 38.4 Å². The van der Waals surface area contributed by atoms with Crippen LogP contribution in [0, 0.1) is 0 Å². The van der Waals surface area contributed by atoms with E-state index in [-0.39, 0.29) is 0 Å². The molecule has 0 aliphatic carbocycles. The molecule has 0 fully saturated rings. The first kappa shape index (κ1) is 11.7. The van der Waals surface area contributed by atoms with Gasteiger partial charge in [0, 0.05) is 15.8 Å². The number of thiophene rings is 1. The zero-order chi connectivity index (χ0) is 10.4. The highest BCUT2D eigenvalue weighted by Gasteiger charge is 2.07. The summed E-state index contributed by atoms with van der Waals surface area (Å²) in [6.07, 6.45) is 4.89. The van der Waals surface area contributed by atoms with Crippen molar-refractivity contribution in [2.24, 2.45) is 0 Å². The average Bonchev–Trinajstić information content (AvgIpc) is 2.65. The summed E-state index contributed by atoms with van der Waals surface area (Å²) < 4.78 is 0. The molecule has 0 saturated heterocycles. The quantitative estimate of drug-likeness (QED) is 0.761. The summed E-state index contributed by atoms with van der Waals surface area (Å²) in [4.78, 5) is 3.03. The van der Waals surface area contributed by atoms with E-state index in [1.807, 2.05) is 11.3 Å². The SMILES string of the molecule is CCCC(Cc1ccc(CC)s1)NC. The fraction of sp³-hybridized carbons (Fsp3) is 0.667. The minimum atomic E-state index is 0.656. The fourth-order valence-corrected chi connectivity index (χ4v) is 2.70. The summed E-state index contributed by atoms with van der Waals surface area (Å²) in [5.74, 6) is 0. The summed E-state index contributed by atoms with van der Waals surface area (Å²) in [6, 6.07) is 5.20. The molecule has 1 unspecified atom stereocenters. The molecule has 1 rings (SSSR count). The normalized spacial score (nSPS) is 13.1. The van der Waals surface area contributed by atoms with Crippen LogP contribution in [0.4, 0.5) is 0 Å². The second-order valence-corrected chi connectivity index (χ2v) is 4.95. The van der Waals surface area contributed by atoms with Gasteiger partial charge in [0.1, 0.15) is 0 Å². The highest BCUT2D eigenvalue weighted by molar-refractivity contribution is 7.11. The van der Waals surface area contributed by atoms with Crippen LogP contribution in [-0.4, -0.2) is 13.1 Å². The van der Waals surface area contributed by atoms with Crippen LogP contribution in [0.15, 0.2) is 12.1 Å². The van der Waals surface area contributed by atoms with Crippen molar-refractivity contribution >= 4 is 11.3 Å². The van der Waals surface area contributed by atoms with Gasteiger partial charge in [0.15, 0.2) is 0 Å². The number of rotatable bonds is 6. The number of hydrogen-bond acceptors (Lipinski definition) is 2. The predicted molar refractivity (Wildman–Crippen MR) is 65.2 cm³/mol. The fourth-order valence-electron chi connectivity index (χ4n) is 1.66. The van der Waals surface area contributed by atoms with Gasteiger partial charge in [0.2, 0.25) is 0 Å². The van der Waals surface area contributed by atoms with Crippen LogP contribution in [0.5, 0.6) is 0 Å². The maximum absolute atomic E-state index is 3.39. The molecule has 1 aromatic rings. The maximum atomic E-state index is 3.39. The molecule has 80 valence electrons. The Hall–Kier alpha value is -0.340. The van der Waals surface area contributed by atoms with E-state index >= 15 is 0 Å². The van der Waals surface area contributed by atoms with Gasteiger partial charge in [-0.3, -0.25) is 0 Å². The van der Waals surface area contributed by atoms with Crippen molar-refractivity contribution in [3.05, 3.63) is 21.9 Å². The molecule has 0 saturated carbocycles. The van der Waals surface area contributed by atoms with Gasteiger partial charge in [-0.25, -0.2) is 0 Å². The van der Waals surface area contributed by atoms with E-state index in [0.717, 1.165) is 0 Å². The number of likely N-dealkylation sites (N-methyl/N-ethyl adjacent to an activating group) is 1. The first-order valence-corrected chi connectivity index (χ1v) is 6.36. The van der Waals surface area contributed by atoms with Crippen molar-refractivity contribution < 1.29 is 0 Å². The highest BCUT2D eigenvalue weighted by atomic mass is 32.1. The largest absolute Gasteiger partial charge is 0.317 e. The molecule has 1 heterocycles. The Balaban J connectivity index is 2.48. The minimum absolute atomic E-state index is 0.656. The Labute approximate surface area is 91.5 Å². The minimum Gasteiger partial charge on any atom is -0.317 e. The molecule has 2 heteroatoms. The molecule has 1 N–H and O–H groups in total. The summed E-state index contributed by atoms with van der Waals surface area (Å²) in [7, 11) is 2.06. The lowest BCUT2D eigenvalue weighted by molar-refractivity contribution is 0.517. The van der Waals surface area contributed by atoms with Crippen molar-refractivity contribution in [1.29, 1.82) is 0 Å². The van der Waals surface area contributed by atoms with Crippen molar-refractivity contribution in [3.63, 3.8) is 0 Å². The second-order valence-electron chi connectivity index (χ2n) is 3.70. The number of hydrogen-bond donors (Lipinski definition) is 1. The zero-order valence-corrected chi connectivity index (χ0v) is 10.3. The van der Waals surface area contributed by atoms with E-state index in [1.165, 1.54) is 35.4 Å². The zero-order valence-electron chi connectivity index (χ0n) is 9.47. The number of nitrogens with one attached hydrogen (secondary N) is 1. The average molecular weight is 211 g/mol. The van der Waals surface area contributed by atoms with Crippen LogP contribution in [0.25, 0.3) is 0 Å². The molecular formula is C12H21NS. The van der Waals surface area contributed by atoms with Crippen LogP contribution < -0.4 is 5.32 Å². The van der Waals surface area contributed by atoms with Crippen LogP contribution in [-0.2, 0) is 12.8 Å². The highest BCUT2D eigenvalue weighted by Crippen LogP contribution is 2.19. The third-order valence-electron chi connectivity index (χ3n) is 2.56. The molecule has 0 radical (unpaired) electrons. The lowest BCUT2D eigenvalue weighted by atomic mass is 10.1. The summed E-state index contributed by atoms with van der Waals surface area (Å²) in [5, 5.41) is 3.39. The molecule has 0 aliphatic rings. The van der Waals surface area contributed by atoms with Gasteiger partial charge in [-0.15, -0.1) is 11.3 Å². The van der Waals surface area contributed by atoms with Gasteiger partial charge in [-0.2, -0.15) is 0 Å². The maximum Gasteiger partial charge on any atom is 0.0112 e. The van der Waals surface area contributed by atoms with Crippen LogP contribution in [0.2, 0.25) is 0 Å². The standard InChI is InChI=1S/C12H21NS/c1-4-6-10(13-3)9-12-8-7-11(5-2)14-12/h7-8,10,13H,4-6,9H2,1-3H3. The predicted octanol–water partition coefficient (Wildman–Crippen LogP) is 3.24. The van der Waals surface area contributed by atoms with E-state index in [9.17, 15) is 0 Å². The van der Waals surface area contributed by atoms with Crippen LogP contribution >= 0.6 is 11.3 Å². The Morgan fingerprint density at radius 3 is 2.50 bits per heavy atom. The van der Waals surface area contributed by atoms with E-state index in [0.29, 0.717) is 6.04 Å². The molecule has 0 aromatic carbocycles. The number of aryl methyl sites for hydroxylation is 1. The van der Waals surface area contributed by atoms with Crippen molar-refractivity contribution in [3.8, 4) is 0 Å². The van der Waals surface area contributed by atoms with Gasteiger partial charge < -0.3 is 5.32 Å². The first-order valence-electron chi connectivity index (χ1n) is 5.55. The van der Waals surface area contributed by atoms with Crippen molar-refractivity contribution in [1.82, 2.24) is 5.32 Å². The van der Waals surface area contributed by atoms with Gasteiger partial charge in [0.05, 0.1) is 0 Å². The van der Waals surface area contributed by atoms with Gasteiger partial charge in [0.25, 0.3) is 0 Å². The van der Waals surface area contributed by atoms with E-state index in [4.69, 9.17) is 0 Å². The molecule has 0 amide bonds. The van der Waals surface area contributed by atoms with Crippen LogP contribution in [0.1, 0.15) is 36.4 Å². The van der Waals surface area contributed by atoms with Gasteiger partial charge >= 0.3 is 0 Å². The molecule has 0 aliphatic heterocycles. The second kappa shape index (κ2) is 6.20. The first-order chi connectivity index (χ1) is 6.80. The summed E-state index contributed by atoms with van der Waals surface area (Å²) in [6.45, 7) is 4.47. The Morgan fingerprint density at radius 1 is 1.29 bits per heavy atom. The van der Waals surface area contributed by atoms with E-state index in [1.54, 1.807) is 0 Å². The lowest BCUT2D eigenvalue weighted by Gasteiger charge is -2.13. The molecule has 0 spiro atoms. The van der Waals surface area contributed by atoms with E-state index in [2.05, 4.69) is 38.3 Å². The van der Waals surface area contributed by atoms with Crippen LogP contribution in [0.3, 0.4) is 0 Å². The van der Waals surface area contributed by atoms with E-state index < -0.39 is 0 Å². The van der Waals surface area contributed by atoms with Crippen molar-refractivity contribution in [2.45, 2.75) is 45.6 Å². The Kier molecular flexibility index (Phi) is 5.20. The third kappa shape index (κ3) is 3.43.